The van der Waals surface area contributed by atoms with E-state index >= 15 is 0 Å². The summed E-state index contributed by atoms with van der Waals surface area (Å²) in [6.07, 6.45) is 0. The largest absolute Gasteiger partial charge is 0.325 e. The number of ketones is 1. The van der Waals surface area contributed by atoms with Crippen LogP contribution in [0.1, 0.15) is 34.2 Å². The normalized spacial score (nSPS) is 10.4. The highest BCUT2D eigenvalue weighted by atomic mass is 32.2. The number of nitrogens with zero attached hydrogens (tertiary/aromatic N) is 2. The third-order valence-corrected chi connectivity index (χ3v) is 4.37. The summed E-state index contributed by atoms with van der Waals surface area (Å²) in [5.41, 5.74) is 4.22. The van der Waals surface area contributed by atoms with Crippen molar-refractivity contribution < 1.29 is 9.59 Å². The molecule has 0 aliphatic heterocycles. The van der Waals surface area contributed by atoms with Crippen LogP contribution in [0, 0.1) is 20.8 Å². The fraction of sp³-hybridized carbons (Fsp3) is 0.294. The molecule has 6 heteroatoms. The van der Waals surface area contributed by atoms with E-state index in [1.807, 2.05) is 20.8 Å². The number of Topliss-reactive ketones (excluding diaryl/α,β-unsaturated/α-hetero) is 1. The number of aryl methyl sites for hydroxylation is 2. The second-order valence-corrected chi connectivity index (χ2v) is 6.21. The van der Waals surface area contributed by atoms with Crippen molar-refractivity contribution in [3.8, 4) is 0 Å². The van der Waals surface area contributed by atoms with Crippen LogP contribution in [-0.2, 0) is 4.79 Å². The van der Waals surface area contributed by atoms with Gasteiger partial charge in [-0.3, -0.25) is 9.59 Å². The van der Waals surface area contributed by atoms with E-state index in [4.69, 9.17) is 0 Å². The van der Waals surface area contributed by atoms with E-state index in [0.29, 0.717) is 16.4 Å². The molecule has 1 N–H and O–H groups in total. The molecule has 1 amide bonds. The third-order valence-electron chi connectivity index (χ3n) is 3.52. The van der Waals surface area contributed by atoms with Gasteiger partial charge in [0, 0.05) is 22.6 Å². The van der Waals surface area contributed by atoms with E-state index in [9.17, 15) is 9.59 Å². The number of benzene rings is 1. The van der Waals surface area contributed by atoms with Gasteiger partial charge in [0.1, 0.15) is 0 Å². The Bertz CT molecular complexity index is 719. The Kier molecular flexibility index (Phi) is 5.50. The lowest BCUT2D eigenvalue weighted by atomic mass is 10.1. The number of carbonyl (C=O) groups excluding carboxylic acids is 2. The van der Waals surface area contributed by atoms with Crippen LogP contribution in [0.15, 0.2) is 29.4 Å². The number of rotatable bonds is 5. The zero-order valence-corrected chi connectivity index (χ0v) is 14.5. The fourth-order valence-corrected chi connectivity index (χ4v) is 2.66. The van der Waals surface area contributed by atoms with Gasteiger partial charge < -0.3 is 5.32 Å². The van der Waals surface area contributed by atoms with Crippen LogP contribution >= 0.6 is 11.8 Å². The molecule has 0 atom stereocenters. The van der Waals surface area contributed by atoms with Crippen LogP contribution in [-0.4, -0.2) is 27.4 Å². The highest BCUT2D eigenvalue weighted by Crippen LogP contribution is 2.18. The van der Waals surface area contributed by atoms with E-state index in [1.54, 1.807) is 24.3 Å². The average molecular weight is 329 g/mol. The zero-order chi connectivity index (χ0) is 17.0. The van der Waals surface area contributed by atoms with Gasteiger partial charge in [-0.05, 0) is 57.5 Å². The van der Waals surface area contributed by atoms with Gasteiger partial charge in [0.05, 0.1) is 5.75 Å². The van der Waals surface area contributed by atoms with Gasteiger partial charge in [-0.1, -0.05) is 11.8 Å². The summed E-state index contributed by atoms with van der Waals surface area (Å²) in [5, 5.41) is 3.40. The Morgan fingerprint density at radius 1 is 1.04 bits per heavy atom. The van der Waals surface area contributed by atoms with E-state index in [2.05, 4.69) is 15.3 Å². The predicted molar refractivity (Wildman–Crippen MR) is 92.0 cm³/mol. The van der Waals surface area contributed by atoms with E-state index in [1.165, 1.54) is 18.7 Å². The predicted octanol–water partition coefficient (Wildman–Crippen LogP) is 3.34. The summed E-state index contributed by atoms with van der Waals surface area (Å²) in [5.74, 6) is 0.0990. The number of hydrogen-bond donors (Lipinski definition) is 1. The maximum atomic E-state index is 12.0. The summed E-state index contributed by atoms with van der Waals surface area (Å²) in [4.78, 5) is 32.0. The van der Waals surface area contributed by atoms with Crippen LogP contribution in [0.4, 0.5) is 5.69 Å². The molecule has 0 saturated carbocycles. The molecule has 0 fully saturated rings. The van der Waals surface area contributed by atoms with Crippen LogP contribution in [0.25, 0.3) is 0 Å². The highest BCUT2D eigenvalue weighted by Gasteiger charge is 2.09. The topological polar surface area (TPSA) is 72.0 Å². The second kappa shape index (κ2) is 7.37. The van der Waals surface area contributed by atoms with Crippen LogP contribution in [0.2, 0.25) is 0 Å². The first-order chi connectivity index (χ1) is 10.9. The van der Waals surface area contributed by atoms with Crippen molar-refractivity contribution >= 4 is 29.1 Å². The monoisotopic (exact) mass is 329 g/mol. The molecular weight excluding hydrogens is 310 g/mol. The van der Waals surface area contributed by atoms with Gasteiger partial charge in [-0.15, -0.1) is 0 Å². The van der Waals surface area contributed by atoms with E-state index < -0.39 is 0 Å². The Hall–Kier alpha value is -2.21. The number of thioether (sulfide) groups is 1. The molecule has 0 aliphatic rings. The van der Waals surface area contributed by atoms with Gasteiger partial charge in [0.2, 0.25) is 5.91 Å². The molecule has 1 aromatic heterocycles. The summed E-state index contributed by atoms with van der Waals surface area (Å²) in [6, 6.07) is 6.83. The molecule has 0 radical (unpaired) electrons. The first-order valence-corrected chi connectivity index (χ1v) is 8.21. The molecule has 0 saturated heterocycles. The second-order valence-electron chi connectivity index (χ2n) is 5.27. The highest BCUT2D eigenvalue weighted by molar-refractivity contribution is 7.99. The lowest BCUT2D eigenvalue weighted by Crippen LogP contribution is -2.14. The van der Waals surface area contributed by atoms with Crippen molar-refractivity contribution in [1.29, 1.82) is 0 Å². The number of carbonyl (C=O) groups is 2. The summed E-state index contributed by atoms with van der Waals surface area (Å²) in [6.45, 7) is 7.36. The van der Waals surface area contributed by atoms with Gasteiger partial charge in [0.15, 0.2) is 10.9 Å². The number of anilines is 1. The molecule has 2 rings (SSSR count). The lowest BCUT2D eigenvalue weighted by Gasteiger charge is -2.07. The average Bonchev–Trinajstić information content (AvgIpc) is 2.51. The van der Waals surface area contributed by atoms with Gasteiger partial charge in [-0.2, -0.15) is 0 Å². The minimum Gasteiger partial charge on any atom is -0.325 e. The molecular formula is C17H19N3O2S. The maximum absolute atomic E-state index is 12.0. The molecule has 23 heavy (non-hydrogen) atoms. The Labute approximate surface area is 139 Å². The number of aromatic nitrogens is 2. The number of nitrogens with one attached hydrogen (secondary N) is 1. The number of hydrogen-bond acceptors (Lipinski definition) is 5. The first kappa shape index (κ1) is 17.1. The summed E-state index contributed by atoms with van der Waals surface area (Å²) >= 11 is 1.30. The van der Waals surface area contributed by atoms with Crippen molar-refractivity contribution in [3.63, 3.8) is 0 Å². The standard InChI is InChI=1S/C17H19N3O2S/c1-10-11(2)18-17(19-12(10)3)23-9-16(22)20-15-7-5-14(6-8-15)13(4)21/h5-8H,9H2,1-4H3,(H,20,22). The minimum atomic E-state index is -0.134. The van der Waals surface area contributed by atoms with Crippen molar-refractivity contribution in [2.45, 2.75) is 32.9 Å². The Morgan fingerprint density at radius 3 is 2.13 bits per heavy atom. The minimum absolute atomic E-state index is 0.000640. The van der Waals surface area contributed by atoms with Crippen LogP contribution < -0.4 is 5.32 Å². The molecule has 1 aromatic carbocycles. The molecule has 0 spiro atoms. The zero-order valence-electron chi connectivity index (χ0n) is 13.6. The first-order valence-electron chi connectivity index (χ1n) is 7.22. The Morgan fingerprint density at radius 2 is 1.61 bits per heavy atom. The molecule has 2 aromatic rings. The fourth-order valence-electron chi connectivity index (χ4n) is 1.92. The molecule has 0 aliphatic carbocycles. The van der Waals surface area contributed by atoms with Crippen molar-refractivity contribution in [3.05, 3.63) is 46.8 Å². The molecule has 0 bridgehead atoms. The molecule has 120 valence electrons. The van der Waals surface area contributed by atoms with Gasteiger partial charge >= 0.3 is 0 Å². The van der Waals surface area contributed by atoms with Crippen molar-refractivity contribution in [1.82, 2.24) is 9.97 Å². The lowest BCUT2D eigenvalue weighted by molar-refractivity contribution is -0.113. The third kappa shape index (κ3) is 4.63. The van der Waals surface area contributed by atoms with E-state index in [0.717, 1.165) is 17.0 Å². The maximum Gasteiger partial charge on any atom is 0.234 e. The quantitative estimate of drug-likeness (QED) is 0.517. The van der Waals surface area contributed by atoms with Crippen LogP contribution in [0.5, 0.6) is 0 Å². The summed E-state index contributed by atoms with van der Waals surface area (Å²) in [7, 11) is 0. The van der Waals surface area contributed by atoms with E-state index in [-0.39, 0.29) is 17.4 Å². The molecule has 5 nitrogen and oxygen atoms in total. The SMILES string of the molecule is CC(=O)c1ccc(NC(=O)CSc2nc(C)c(C)c(C)n2)cc1. The van der Waals surface area contributed by atoms with Crippen molar-refractivity contribution in [2.24, 2.45) is 0 Å². The molecule has 0 unspecified atom stereocenters. The van der Waals surface area contributed by atoms with Crippen molar-refractivity contribution in [2.75, 3.05) is 11.1 Å². The van der Waals surface area contributed by atoms with Gasteiger partial charge in [0.25, 0.3) is 0 Å². The summed E-state index contributed by atoms with van der Waals surface area (Å²) < 4.78 is 0. The smallest absolute Gasteiger partial charge is 0.234 e. The molecule has 1 heterocycles. The number of amides is 1. The van der Waals surface area contributed by atoms with Gasteiger partial charge in [-0.25, -0.2) is 9.97 Å². The Balaban J connectivity index is 1.93. The van der Waals surface area contributed by atoms with Crippen LogP contribution in [0.3, 0.4) is 0 Å².